The first kappa shape index (κ1) is 23.1. The summed E-state index contributed by atoms with van der Waals surface area (Å²) in [7, 11) is 0. The smallest absolute Gasteiger partial charge is 0.0557 e. The Bertz CT molecular complexity index is 1460. The summed E-state index contributed by atoms with van der Waals surface area (Å²) < 4.78 is 0. The van der Waals surface area contributed by atoms with Crippen molar-refractivity contribution in [1.82, 2.24) is 0 Å². The van der Waals surface area contributed by atoms with Crippen LogP contribution in [0.2, 0.25) is 0 Å². The highest BCUT2D eigenvalue weighted by Crippen LogP contribution is 2.36. The number of hydrogen-bond acceptors (Lipinski definition) is 1. The molecule has 0 aromatic heterocycles. The van der Waals surface area contributed by atoms with Gasteiger partial charge in [-0.3, -0.25) is 0 Å². The molecule has 0 bridgehead atoms. The molecule has 0 aliphatic heterocycles. The molecule has 2 aliphatic rings. The van der Waals surface area contributed by atoms with Gasteiger partial charge in [-0.2, -0.15) is 0 Å². The average molecular weight is 478 g/mol. The fourth-order valence-corrected chi connectivity index (χ4v) is 5.38. The van der Waals surface area contributed by atoms with Crippen molar-refractivity contribution in [3.05, 3.63) is 162 Å². The van der Waals surface area contributed by atoms with E-state index >= 15 is 0 Å². The zero-order valence-corrected chi connectivity index (χ0v) is 21.0. The van der Waals surface area contributed by atoms with Gasteiger partial charge in [0.05, 0.1) is 6.04 Å². The molecule has 2 aliphatic carbocycles. The summed E-state index contributed by atoms with van der Waals surface area (Å²) in [6.45, 7) is 0. The predicted octanol–water partition coefficient (Wildman–Crippen LogP) is 9.33. The Labute approximate surface area is 220 Å². The lowest BCUT2D eigenvalue weighted by atomic mass is 9.92. The summed E-state index contributed by atoms with van der Waals surface area (Å²) in [4.78, 5) is 2.54. The van der Waals surface area contributed by atoms with E-state index in [2.05, 4.69) is 151 Å². The summed E-state index contributed by atoms with van der Waals surface area (Å²) >= 11 is 0. The molecule has 4 aromatic rings. The van der Waals surface area contributed by atoms with Crippen LogP contribution in [-0.4, -0.2) is 6.04 Å². The third-order valence-corrected chi connectivity index (χ3v) is 7.35. The maximum Gasteiger partial charge on any atom is 0.0557 e. The molecule has 1 atom stereocenters. The number of allylic oxidation sites excluding steroid dienone is 6. The second-order valence-corrected chi connectivity index (χ2v) is 9.69. The molecule has 1 nitrogen and oxygen atoms in total. The van der Waals surface area contributed by atoms with E-state index in [1.54, 1.807) is 0 Å². The summed E-state index contributed by atoms with van der Waals surface area (Å²) in [5.74, 6) is 0. The largest absolute Gasteiger partial charge is 0.338 e. The first-order valence-electron chi connectivity index (χ1n) is 13.2. The van der Waals surface area contributed by atoms with E-state index in [0.717, 1.165) is 19.3 Å². The average Bonchev–Trinajstić information content (AvgIpc) is 3.00. The number of benzene rings is 4. The number of rotatable bonds is 6. The van der Waals surface area contributed by atoms with Crippen molar-refractivity contribution in [2.24, 2.45) is 0 Å². The van der Waals surface area contributed by atoms with Crippen molar-refractivity contribution in [3.8, 4) is 11.1 Å². The quantitative estimate of drug-likeness (QED) is 0.267. The summed E-state index contributed by atoms with van der Waals surface area (Å²) in [6, 6.07) is 41.4. The van der Waals surface area contributed by atoms with Crippen LogP contribution in [-0.2, 0) is 0 Å². The lowest BCUT2D eigenvalue weighted by Crippen LogP contribution is -2.34. The van der Waals surface area contributed by atoms with Gasteiger partial charge in [-0.15, -0.1) is 0 Å². The van der Waals surface area contributed by atoms with E-state index in [9.17, 15) is 0 Å². The second-order valence-electron chi connectivity index (χ2n) is 9.69. The summed E-state index contributed by atoms with van der Waals surface area (Å²) in [5.41, 5.74) is 10.4. The maximum atomic E-state index is 2.54. The first-order valence-corrected chi connectivity index (χ1v) is 13.2. The molecular weight excluding hydrogens is 446 g/mol. The third-order valence-electron chi connectivity index (χ3n) is 7.35. The van der Waals surface area contributed by atoms with Gasteiger partial charge in [0.25, 0.3) is 0 Å². The SMILES string of the molecule is C1=CC(N(C2=CC=C(c3ccccc3)CC2)c2ccc(-c3ccccc3)cc2)CC=C1c1ccccc1. The molecule has 180 valence electrons. The Balaban J connectivity index is 1.32. The molecule has 1 heteroatoms. The minimum absolute atomic E-state index is 0.285. The summed E-state index contributed by atoms with van der Waals surface area (Å²) in [5, 5.41) is 0. The second kappa shape index (κ2) is 10.7. The Morgan fingerprint density at radius 1 is 0.541 bits per heavy atom. The van der Waals surface area contributed by atoms with Gasteiger partial charge in [0.15, 0.2) is 0 Å². The van der Waals surface area contributed by atoms with E-state index in [4.69, 9.17) is 0 Å². The Kier molecular flexibility index (Phi) is 6.68. The molecule has 0 saturated carbocycles. The molecule has 0 radical (unpaired) electrons. The lowest BCUT2D eigenvalue weighted by Gasteiger charge is -2.36. The van der Waals surface area contributed by atoms with Crippen molar-refractivity contribution in [1.29, 1.82) is 0 Å². The zero-order chi connectivity index (χ0) is 24.9. The fraction of sp³-hybridized carbons (Fsp3) is 0.111. The van der Waals surface area contributed by atoms with Crippen LogP contribution in [0.1, 0.15) is 30.4 Å². The minimum atomic E-state index is 0.285. The normalized spacial score (nSPS) is 17.0. The molecule has 0 spiro atoms. The van der Waals surface area contributed by atoms with Gasteiger partial charge >= 0.3 is 0 Å². The van der Waals surface area contributed by atoms with Crippen LogP contribution in [0, 0.1) is 0 Å². The van der Waals surface area contributed by atoms with E-state index in [0.29, 0.717) is 0 Å². The monoisotopic (exact) mass is 477 g/mol. The number of hydrogen-bond donors (Lipinski definition) is 0. The van der Waals surface area contributed by atoms with Gasteiger partial charge in [0.1, 0.15) is 0 Å². The molecule has 0 amide bonds. The molecule has 0 fully saturated rings. The number of nitrogens with zero attached hydrogens (tertiary/aromatic N) is 1. The Morgan fingerprint density at radius 3 is 1.70 bits per heavy atom. The standard InChI is InChI=1S/C36H31N/c1-4-10-28(11-5-1)31-16-22-34(23-17-31)37(35-24-18-32(19-25-35)29-12-6-2-7-13-29)36-26-20-33(21-27-36)30-14-8-3-9-15-30/h1-20,22-24,26,35H,21,25,27H2. The molecule has 1 unspecified atom stereocenters. The van der Waals surface area contributed by atoms with Crippen molar-refractivity contribution < 1.29 is 0 Å². The molecular formula is C36H31N. The highest BCUT2D eigenvalue weighted by atomic mass is 15.2. The van der Waals surface area contributed by atoms with Crippen molar-refractivity contribution in [3.63, 3.8) is 0 Å². The van der Waals surface area contributed by atoms with E-state index in [1.807, 2.05) is 0 Å². The van der Waals surface area contributed by atoms with E-state index < -0.39 is 0 Å². The van der Waals surface area contributed by atoms with Crippen LogP contribution in [0.3, 0.4) is 0 Å². The maximum absolute atomic E-state index is 2.54. The van der Waals surface area contributed by atoms with Gasteiger partial charge in [-0.1, -0.05) is 127 Å². The van der Waals surface area contributed by atoms with Crippen LogP contribution in [0.15, 0.2) is 151 Å². The number of anilines is 1. The molecule has 0 saturated heterocycles. The Hall–Kier alpha value is -4.36. The molecule has 0 heterocycles. The highest BCUT2D eigenvalue weighted by molar-refractivity contribution is 5.76. The van der Waals surface area contributed by atoms with Crippen LogP contribution in [0.4, 0.5) is 5.69 Å². The van der Waals surface area contributed by atoms with Crippen LogP contribution in [0.25, 0.3) is 22.3 Å². The van der Waals surface area contributed by atoms with Crippen molar-refractivity contribution in [2.45, 2.75) is 25.3 Å². The summed E-state index contributed by atoms with van der Waals surface area (Å²) in [6.07, 6.45) is 14.8. The lowest BCUT2D eigenvalue weighted by molar-refractivity contribution is 0.724. The molecule has 6 rings (SSSR count). The van der Waals surface area contributed by atoms with E-state index in [-0.39, 0.29) is 6.04 Å². The zero-order valence-electron chi connectivity index (χ0n) is 21.0. The Morgan fingerprint density at radius 2 is 1.14 bits per heavy atom. The van der Waals surface area contributed by atoms with Crippen LogP contribution >= 0.6 is 0 Å². The molecule has 37 heavy (non-hydrogen) atoms. The van der Waals surface area contributed by atoms with Gasteiger partial charge in [0.2, 0.25) is 0 Å². The van der Waals surface area contributed by atoms with E-state index in [1.165, 1.54) is 44.8 Å². The van der Waals surface area contributed by atoms with Gasteiger partial charge in [-0.25, -0.2) is 0 Å². The van der Waals surface area contributed by atoms with Gasteiger partial charge in [0, 0.05) is 11.4 Å². The van der Waals surface area contributed by atoms with Gasteiger partial charge in [-0.05, 0) is 70.9 Å². The van der Waals surface area contributed by atoms with Gasteiger partial charge < -0.3 is 4.90 Å². The molecule has 0 N–H and O–H groups in total. The third kappa shape index (κ3) is 5.13. The first-order chi connectivity index (χ1) is 18.3. The predicted molar refractivity (Wildman–Crippen MR) is 158 cm³/mol. The fourth-order valence-electron chi connectivity index (χ4n) is 5.38. The molecule has 4 aromatic carbocycles. The minimum Gasteiger partial charge on any atom is -0.338 e. The van der Waals surface area contributed by atoms with Crippen molar-refractivity contribution >= 4 is 16.8 Å². The van der Waals surface area contributed by atoms with Crippen LogP contribution in [0.5, 0.6) is 0 Å². The van der Waals surface area contributed by atoms with Crippen molar-refractivity contribution in [2.75, 3.05) is 4.90 Å². The van der Waals surface area contributed by atoms with Crippen LogP contribution < -0.4 is 4.90 Å². The highest BCUT2D eigenvalue weighted by Gasteiger charge is 2.23. The topological polar surface area (TPSA) is 3.24 Å².